The molecule has 0 bridgehead atoms. The van der Waals surface area contributed by atoms with Gasteiger partial charge in [0.05, 0.1) is 17.8 Å². The summed E-state index contributed by atoms with van der Waals surface area (Å²) in [5, 5.41) is 13.1. The standard InChI is InChI=1S/C18H22ClN5O/c1-4-23-13(3)15(12(2)21-23)11-20-17(25)9-10-24-16-8-6-5-7-14(16)18(19)22-24/h5-8H,4,9-11H2,1-3H3,(H,20,25). The molecule has 0 aliphatic rings. The number of fused-ring (bicyclic) bond motifs is 1. The number of aryl methyl sites for hydroxylation is 3. The van der Waals surface area contributed by atoms with Crippen LogP contribution in [0.5, 0.6) is 0 Å². The Morgan fingerprint density at radius 3 is 2.68 bits per heavy atom. The van der Waals surface area contributed by atoms with E-state index in [1.807, 2.05) is 42.8 Å². The van der Waals surface area contributed by atoms with Crippen LogP contribution in [0.2, 0.25) is 5.15 Å². The zero-order valence-corrected chi connectivity index (χ0v) is 15.5. The average Bonchev–Trinajstić information content (AvgIpc) is 3.08. The molecule has 25 heavy (non-hydrogen) atoms. The summed E-state index contributed by atoms with van der Waals surface area (Å²) in [4.78, 5) is 12.2. The van der Waals surface area contributed by atoms with Crippen LogP contribution in [0.4, 0.5) is 0 Å². The van der Waals surface area contributed by atoms with Gasteiger partial charge in [-0.1, -0.05) is 23.7 Å². The van der Waals surface area contributed by atoms with E-state index in [-0.39, 0.29) is 5.91 Å². The molecule has 0 aliphatic heterocycles. The molecule has 0 fully saturated rings. The number of hydrogen-bond acceptors (Lipinski definition) is 3. The molecule has 132 valence electrons. The first-order valence-electron chi connectivity index (χ1n) is 8.42. The van der Waals surface area contributed by atoms with Gasteiger partial charge in [-0.3, -0.25) is 14.2 Å². The summed E-state index contributed by atoms with van der Waals surface area (Å²) in [5.41, 5.74) is 4.09. The van der Waals surface area contributed by atoms with Crippen molar-refractivity contribution < 1.29 is 4.79 Å². The van der Waals surface area contributed by atoms with E-state index in [1.54, 1.807) is 4.68 Å². The summed E-state index contributed by atoms with van der Waals surface area (Å²) in [6, 6.07) is 7.75. The van der Waals surface area contributed by atoms with Gasteiger partial charge >= 0.3 is 0 Å². The second-order valence-electron chi connectivity index (χ2n) is 6.02. The molecule has 3 aromatic rings. The molecule has 6 nitrogen and oxygen atoms in total. The van der Waals surface area contributed by atoms with Crippen LogP contribution in [0.25, 0.3) is 10.9 Å². The highest BCUT2D eigenvalue weighted by atomic mass is 35.5. The fourth-order valence-electron chi connectivity index (χ4n) is 3.04. The summed E-state index contributed by atoms with van der Waals surface area (Å²) in [5.74, 6) is -0.0150. The summed E-state index contributed by atoms with van der Waals surface area (Å²) >= 11 is 6.14. The van der Waals surface area contributed by atoms with E-state index < -0.39 is 0 Å². The average molecular weight is 360 g/mol. The van der Waals surface area contributed by atoms with Crippen LogP contribution in [0.1, 0.15) is 30.3 Å². The fourth-order valence-corrected chi connectivity index (χ4v) is 3.29. The van der Waals surface area contributed by atoms with Crippen LogP contribution in [-0.2, 0) is 24.4 Å². The lowest BCUT2D eigenvalue weighted by atomic mass is 10.2. The van der Waals surface area contributed by atoms with Crippen molar-refractivity contribution in [2.45, 2.75) is 46.8 Å². The van der Waals surface area contributed by atoms with Crippen LogP contribution in [0.15, 0.2) is 24.3 Å². The number of nitrogens with zero attached hydrogens (tertiary/aromatic N) is 4. The third-order valence-electron chi connectivity index (χ3n) is 4.46. The molecule has 0 spiro atoms. The first-order valence-corrected chi connectivity index (χ1v) is 8.79. The van der Waals surface area contributed by atoms with E-state index in [0.29, 0.717) is 24.7 Å². The maximum atomic E-state index is 12.2. The SMILES string of the molecule is CCn1nc(C)c(CNC(=O)CCn2nc(Cl)c3ccccc32)c1C. The van der Waals surface area contributed by atoms with E-state index >= 15 is 0 Å². The van der Waals surface area contributed by atoms with Gasteiger partial charge in [0.15, 0.2) is 5.15 Å². The highest BCUT2D eigenvalue weighted by Crippen LogP contribution is 2.22. The Bertz CT molecular complexity index is 912. The largest absolute Gasteiger partial charge is 0.352 e. The lowest BCUT2D eigenvalue weighted by Crippen LogP contribution is -2.24. The molecule has 0 aliphatic carbocycles. The third kappa shape index (κ3) is 3.54. The monoisotopic (exact) mass is 359 g/mol. The van der Waals surface area contributed by atoms with E-state index in [0.717, 1.165) is 34.4 Å². The second-order valence-corrected chi connectivity index (χ2v) is 6.38. The molecule has 3 rings (SSSR count). The van der Waals surface area contributed by atoms with Gasteiger partial charge < -0.3 is 5.32 Å². The fraction of sp³-hybridized carbons (Fsp3) is 0.389. The predicted octanol–water partition coefficient (Wildman–Crippen LogP) is 3.23. The molecule has 0 radical (unpaired) electrons. The summed E-state index contributed by atoms with van der Waals surface area (Å²) in [6.45, 7) is 7.87. The van der Waals surface area contributed by atoms with Crippen molar-refractivity contribution in [2.75, 3.05) is 0 Å². The van der Waals surface area contributed by atoms with Crippen molar-refractivity contribution in [1.29, 1.82) is 0 Å². The van der Waals surface area contributed by atoms with Gasteiger partial charge in [0.25, 0.3) is 0 Å². The predicted molar refractivity (Wildman–Crippen MR) is 98.6 cm³/mol. The van der Waals surface area contributed by atoms with E-state index in [2.05, 4.69) is 22.4 Å². The minimum Gasteiger partial charge on any atom is -0.352 e. The van der Waals surface area contributed by atoms with Gasteiger partial charge in [-0.15, -0.1) is 0 Å². The maximum Gasteiger partial charge on any atom is 0.222 e. The Balaban J connectivity index is 1.61. The Hall–Kier alpha value is -2.34. The Labute approximate surface area is 151 Å². The minimum absolute atomic E-state index is 0.0150. The first-order chi connectivity index (χ1) is 12.0. The smallest absolute Gasteiger partial charge is 0.222 e. The van der Waals surface area contributed by atoms with Crippen LogP contribution < -0.4 is 5.32 Å². The highest BCUT2D eigenvalue weighted by molar-refractivity contribution is 6.34. The zero-order valence-electron chi connectivity index (χ0n) is 14.7. The molecule has 2 aromatic heterocycles. The summed E-state index contributed by atoms with van der Waals surface area (Å²) < 4.78 is 3.73. The van der Waals surface area contributed by atoms with Crippen LogP contribution in [0.3, 0.4) is 0 Å². The molecule has 1 amide bonds. The number of hydrogen-bond donors (Lipinski definition) is 1. The lowest BCUT2D eigenvalue weighted by Gasteiger charge is -2.07. The maximum absolute atomic E-state index is 12.2. The number of nitrogens with one attached hydrogen (secondary N) is 1. The van der Waals surface area contributed by atoms with Gasteiger partial charge in [0.1, 0.15) is 0 Å². The van der Waals surface area contributed by atoms with Gasteiger partial charge in [-0.25, -0.2) is 0 Å². The van der Waals surface area contributed by atoms with Crippen molar-refractivity contribution in [3.8, 4) is 0 Å². The Morgan fingerprint density at radius 1 is 1.20 bits per heavy atom. The second kappa shape index (κ2) is 7.27. The number of halogens is 1. The number of rotatable bonds is 6. The molecule has 2 heterocycles. The summed E-state index contributed by atoms with van der Waals surface area (Å²) in [6.07, 6.45) is 0.349. The number of amides is 1. The highest BCUT2D eigenvalue weighted by Gasteiger charge is 2.13. The van der Waals surface area contributed by atoms with Crippen LogP contribution in [-0.4, -0.2) is 25.5 Å². The van der Waals surface area contributed by atoms with Gasteiger partial charge in [-0.05, 0) is 32.9 Å². The molecule has 0 saturated carbocycles. The number of benzene rings is 1. The Morgan fingerprint density at radius 2 is 1.96 bits per heavy atom. The van der Waals surface area contributed by atoms with Crippen molar-refractivity contribution >= 4 is 28.4 Å². The lowest BCUT2D eigenvalue weighted by molar-refractivity contribution is -0.121. The number of aromatic nitrogens is 4. The molecule has 1 N–H and O–H groups in total. The molecule has 1 aromatic carbocycles. The molecular formula is C18H22ClN5O. The normalized spacial score (nSPS) is 11.2. The van der Waals surface area contributed by atoms with Crippen LogP contribution >= 0.6 is 11.6 Å². The Kier molecular flexibility index (Phi) is 5.08. The zero-order chi connectivity index (χ0) is 18.0. The minimum atomic E-state index is -0.0150. The molecule has 7 heteroatoms. The van der Waals surface area contributed by atoms with Crippen LogP contribution in [0, 0.1) is 13.8 Å². The molecule has 0 unspecified atom stereocenters. The van der Waals surface area contributed by atoms with E-state index in [9.17, 15) is 4.79 Å². The number of para-hydroxylation sites is 1. The molecule has 0 atom stereocenters. The van der Waals surface area contributed by atoms with Gasteiger partial charge in [0, 0.05) is 36.2 Å². The quantitative estimate of drug-likeness (QED) is 0.734. The van der Waals surface area contributed by atoms with Crippen molar-refractivity contribution in [2.24, 2.45) is 0 Å². The molecular weight excluding hydrogens is 338 g/mol. The van der Waals surface area contributed by atoms with E-state index in [1.165, 1.54) is 0 Å². The number of carbonyl (C=O) groups is 1. The molecule has 0 saturated heterocycles. The van der Waals surface area contributed by atoms with Gasteiger partial charge in [0.2, 0.25) is 5.91 Å². The first kappa shape index (κ1) is 17.5. The van der Waals surface area contributed by atoms with E-state index in [4.69, 9.17) is 11.6 Å². The summed E-state index contributed by atoms with van der Waals surface area (Å²) in [7, 11) is 0. The van der Waals surface area contributed by atoms with Gasteiger partial charge in [-0.2, -0.15) is 10.2 Å². The third-order valence-corrected chi connectivity index (χ3v) is 4.74. The van der Waals surface area contributed by atoms with Crippen molar-refractivity contribution in [3.63, 3.8) is 0 Å². The topological polar surface area (TPSA) is 64.7 Å². The van der Waals surface area contributed by atoms with Crippen molar-refractivity contribution in [1.82, 2.24) is 24.9 Å². The number of carbonyl (C=O) groups excluding carboxylic acids is 1. The van der Waals surface area contributed by atoms with Crippen molar-refractivity contribution in [3.05, 3.63) is 46.4 Å².